The number of ether oxygens (including phenoxy) is 3. The summed E-state index contributed by atoms with van der Waals surface area (Å²) in [6.45, 7) is 2.02. The molecule has 0 aliphatic carbocycles. The minimum absolute atomic E-state index is 0.217. The molecule has 0 amide bonds. The highest BCUT2D eigenvalue weighted by molar-refractivity contribution is 6.32. The van der Waals surface area contributed by atoms with E-state index in [1.165, 1.54) is 18.2 Å². The summed E-state index contributed by atoms with van der Waals surface area (Å²) >= 11 is 6.15. The number of hydrogen-bond acceptors (Lipinski definition) is 4. The van der Waals surface area contributed by atoms with Gasteiger partial charge in [-0.1, -0.05) is 23.7 Å². The lowest BCUT2D eigenvalue weighted by atomic mass is 10.0. The summed E-state index contributed by atoms with van der Waals surface area (Å²) in [5.41, 5.74) is 0.878. The van der Waals surface area contributed by atoms with E-state index in [9.17, 15) is 4.39 Å². The van der Waals surface area contributed by atoms with Crippen LogP contribution in [0.4, 0.5) is 4.39 Å². The molecule has 2 atom stereocenters. The van der Waals surface area contributed by atoms with E-state index in [1.807, 2.05) is 24.3 Å². The number of nitrogens with one attached hydrogen (secondary N) is 1. The van der Waals surface area contributed by atoms with Crippen molar-refractivity contribution < 1.29 is 18.6 Å². The summed E-state index contributed by atoms with van der Waals surface area (Å²) in [4.78, 5) is 0. The van der Waals surface area contributed by atoms with Crippen LogP contribution in [0.5, 0.6) is 11.5 Å². The molecule has 2 aromatic carbocycles. The average Bonchev–Trinajstić information content (AvgIpc) is 2.63. The molecule has 1 heterocycles. The van der Waals surface area contributed by atoms with Crippen LogP contribution in [-0.2, 0) is 4.74 Å². The lowest BCUT2D eigenvalue weighted by Gasteiger charge is -2.32. The van der Waals surface area contributed by atoms with E-state index in [-0.39, 0.29) is 6.10 Å². The van der Waals surface area contributed by atoms with E-state index in [4.69, 9.17) is 25.8 Å². The van der Waals surface area contributed by atoms with Gasteiger partial charge in [0.2, 0.25) is 0 Å². The van der Waals surface area contributed by atoms with Crippen molar-refractivity contribution in [2.45, 2.75) is 12.2 Å². The predicted molar refractivity (Wildman–Crippen MR) is 90.4 cm³/mol. The Morgan fingerprint density at radius 1 is 1.29 bits per heavy atom. The number of methoxy groups -OCH3 is 1. The Bertz CT molecular complexity index is 692. The number of halogens is 2. The minimum Gasteiger partial charge on any atom is -0.497 e. The summed E-state index contributed by atoms with van der Waals surface area (Å²) in [6, 6.07) is 11.6. The van der Waals surface area contributed by atoms with Crippen LogP contribution in [0.25, 0.3) is 0 Å². The zero-order chi connectivity index (χ0) is 16.9. The molecule has 1 aliphatic rings. The maximum Gasteiger partial charge on any atom is 0.151 e. The highest BCUT2D eigenvalue weighted by atomic mass is 35.5. The van der Waals surface area contributed by atoms with Crippen molar-refractivity contribution in [1.29, 1.82) is 0 Å². The fourth-order valence-corrected chi connectivity index (χ4v) is 2.82. The minimum atomic E-state index is -0.438. The summed E-state index contributed by atoms with van der Waals surface area (Å²) in [5, 5.41) is 3.64. The molecule has 0 bridgehead atoms. The third-order valence-corrected chi connectivity index (χ3v) is 4.18. The first-order valence-corrected chi connectivity index (χ1v) is 8.13. The van der Waals surface area contributed by atoms with E-state index < -0.39 is 11.9 Å². The largest absolute Gasteiger partial charge is 0.497 e. The van der Waals surface area contributed by atoms with Crippen LogP contribution in [0, 0.1) is 5.82 Å². The molecule has 3 rings (SSSR count). The van der Waals surface area contributed by atoms with Crippen LogP contribution in [0.15, 0.2) is 42.5 Å². The van der Waals surface area contributed by atoms with Crippen molar-refractivity contribution in [3.63, 3.8) is 0 Å². The van der Waals surface area contributed by atoms with Crippen molar-refractivity contribution in [2.75, 3.05) is 26.8 Å². The standard InChI is InChI=1S/C18H19ClFNO3/c1-22-14-4-2-3-12(9-14)18(17-11-21-7-8-23-17)24-16-10-13(20)5-6-15(16)19/h2-6,9-10,17-18,21H,7-8,11H2,1H3/t17-,18?/m0/s1. The van der Waals surface area contributed by atoms with Crippen LogP contribution < -0.4 is 14.8 Å². The van der Waals surface area contributed by atoms with E-state index >= 15 is 0 Å². The Morgan fingerprint density at radius 3 is 2.92 bits per heavy atom. The van der Waals surface area contributed by atoms with Crippen molar-refractivity contribution in [2.24, 2.45) is 0 Å². The second-order valence-corrected chi connectivity index (χ2v) is 5.91. The van der Waals surface area contributed by atoms with Gasteiger partial charge in [0, 0.05) is 19.2 Å². The summed E-state index contributed by atoms with van der Waals surface area (Å²) in [6.07, 6.45) is -0.655. The second-order valence-electron chi connectivity index (χ2n) is 5.50. The first kappa shape index (κ1) is 17.0. The summed E-state index contributed by atoms with van der Waals surface area (Å²) in [7, 11) is 1.61. The SMILES string of the molecule is COc1cccc(C(Oc2cc(F)ccc2Cl)[C@@H]2CNCCO2)c1. The quantitative estimate of drug-likeness (QED) is 0.893. The molecule has 0 spiro atoms. The third kappa shape index (κ3) is 3.98. The molecule has 0 radical (unpaired) electrons. The molecule has 24 heavy (non-hydrogen) atoms. The first-order valence-electron chi connectivity index (χ1n) is 7.75. The van der Waals surface area contributed by atoms with Crippen LogP contribution >= 0.6 is 11.6 Å². The molecule has 2 aromatic rings. The maximum atomic E-state index is 13.6. The van der Waals surface area contributed by atoms with Crippen molar-refractivity contribution in [1.82, 2.24) is 5.32 Å². The molecule has 1 unspecified atom stereocenters. The molecule has 128 valence electrons. The van der Waals surface area contributed by atoms with E-state index in [0.29, 0.717) is 23.9 Å². The number of hydrogen-bond donors (Lipinski definition) is 1. The second kappa shape index (κ2) is 7.83. The molecule has 1 saturated heterocycles. The van der Waals surface area contributed by atoms with Crippen LogP contribution in [-0.4, -0.2) is 32.9 Å². The Labute approximate surface area is 145 Å². The molecule has 0 aromatic heterocycles. The van der Waals surface area contributed by atoms with Gasteiger partial charge in [0.1, 0.15) is 23.4 Å². The molecule has 1 aliphatic heterocycles. The molecule has 4 nitrogen and oxygen atoms in total. The van der Waals surface area contributed by atoms with Crippen LogP contribution in [0.2, 0.25) is 5.02 Å². The number of morpholine rings is 1. The molecular weight excluding hydrogens is 333 g/mol. The summed E-state index contributed by atoms with van der Waals surface area (Å²) in [5.74, 6) is 0.607. The van der Waals surface area contributed by atoms with Gasteiger partial charge in [0.15, 0.2) is 6.10 Å². The van der Waals surface area contributed by atoms with Gasteiger partial charge in [0.25, 0.3) is 0 Å². The molecule has 1 fully saturated rings. The van der Waals surface area contributed by atoms with Gasteiger partial charge < -0.3 is 19.5 Å². The third-order valence-electron chi connectivity index (χ3n) is 3.86. The van der Waals surface area contributed by atoms with E-state index in [1.54, 1.807) is 7.11 Å². The Morgan fingerprint density at radius 2 is 2.17 bits per heavy atom. The molecule has 6 heteroatoms. The average molecular weight is 352 g/mol. The van der Waals surface area contributed by atoms with Gasteiger partial charge in [-0.15, -0.1) is 0 Å². The highest BCUT2D eigenvalue weighted by Gasteiger charge is 2.29. The van der Waals surface area contributed by atoms with Gasteiger partial charge >= 0.3 is 0 Å². The number of benzene rings is 2. The summed E-state index contributed by atoms with van der Waals surface area (Å²) < 4.78 is 30.7. The smallest absolute Gasteiger partial charge is 0.151 e. The normalized spacial score (nSPS) is 18.9. The number of rotatable bonds is 5. The van der Waals surface area contributed by atoms with Crippen molar-refractivity contribution >= 4 is 11.6 Å². The fraction of sp³-hybridized carbons (Fsp3) is 0.333. The van der Waals surface area contributed by atoms with Gasteiger partial charge in [-0.2, -0.15) is 0 Å². The predicted octanol–water partition coefficient (Wildman–Crippen LogP) is 3.60. The Balaban J connectivity index is 1.93. The Hall–Kier alpha value is -1.82. The molecule has 0 saturated carbocycles. The highest BCUT2D eigenvalue weighted by Crippen LogP contribution is 2.33. The van der Waals surface area contributed by atoms with Gasteiger partial charge in [0.05, 0.1) is 18.7 Å². The maximum absolute atomic E-state index is 13.6. The molecular formula is C18H19ClFNO3. The Kier molecular flexibility index (Phi) is 5.56. The van der Waals surface area contributed by atoms with Crippen LogP contribution in [0.1, 0.15) is 11.7 Å². The first-order chi connectivity index (χ1) is 11.7. The van der Waals surface area contributed by atoms with E-state index in [2.05, 4.69) is 5.32 Å². The lowest BCUT2D eigenvalue weighted by Crippen LogP contribution is -2.43. The van der Waals surface area contributed by atoms with Gasteiger partial charge in [-0.05, 0) is 29.8 Å². The topological polar surface area (TPSA) is 39.7 Å². The van der Waals surface area contributed by atoms with Crippen molar-refractivity contribution in [3.05, 3.63) is 58.9 Å². The lowest BCUT2D eigenvalue weighted by molar-refractivity contribution is -0.0433. The fourth-order valence-electron chi connectivity index (χ4n) is 2.66. The monoisotopic (exact) mass is 351 g/mol. The van der Waals surface area contributed by atoms with Crippen LogP contribution in [0.3, 0.4) is 0 Å². The zero-order valence-corrected chi connectivity index (χ0v) is 14.1. The zero-order valence-electron chi connectivity index (χ0n) is 13.3. The molecule has 1 N–H and O–H groups in total. The van der Waals surface area contributed by atoms with Crippen molar-refractivity contribution in [3.8, 4) is 11.5 Å². The van der Waals surface area contributed by atoms with E-state index in [0.717, 1.165) is 17.9 Å². The van der Waals surface area contributed by atoms with Gasteiger partial charge in [-0.25, -0.2) is 4.39 Å². The van der Waals surface area contributed by atoms with Gasteiger partial charge in [-0.3, -0.25) is 0 Å².